The Hall–Kier alpha value is -1.52. The van der Waals surface area contributed by atoms with Crippen molar-refractivity contribution in [3.63, 3.8) is 0 Å². The Balaban J connectivity index is 3.81. The number of allylic oxidation sites excluding steroid dienone is 1. The molecule has 0 saturated carbocycles. The largest absolute Gasteiger partial charge is 0.481 e. The average Bonchev–Trinajstić information content (AvgIpc) is 2.23. The highest BCUT2D eigenvalue weighted by Crippen LogP contribution is 2.06. The maximum Gasteiger partial charge on any atom is 0.315 e. The fourth-order valence-electron chi connectivity index (χ4n) is 1.26. The summed E-state index contributed by atoms with van der Waals surface area (Å²) < 4.78 is 0. The maximum atomic E-state index is 11.3. The second-order valence-corrected chi connectivity index (χ2v) is 4.24. The molecular formula is C12H22N2O3. The van der Waals surface area contributed by atoms with Crippen LogP contribution in [0.25, 0.3) is 0 Å². The molecule has 0 radical (unpaired) electrons. The summed E-state index contributed by atoms with van der Waals surface area (Å²) in [5.74, 6) is -0.842. The van der Waals surface area contributed by atoms with E-state index in [1.807, 2.05) is 26.8 Å². The molecular weight excluding hydrogens is 220 g/mol. The molecule has 0 aliphatic rings. The van der Waals surface area contributed by atoms with Gasteiger partial charge in [0.05, 0.1) is 0 Å². The summed E-state index contributed by atoms with van der Waals surface area (Å²) in [5.41, 5.74) is 1.14. The Kier molecular flexibility index (Phi) is 7.84. The normalized spacial score (nSPS) is 11.5. The minimum absolute atomic E-state index is 0.0123. The summed E-state index contributed by atoms with van der Waals surface area (Å²) >= 11 is 0. The smallest absolute Gasteiger partial charge is 0.315 e. The number of carbonyl (C=O) groups is 2. The number of carboxylic acid groups (broad SMARTS) is 1. The number of carboxylic acids is 1. The lowest BCUT2D eigenvalue weighted by Gasteiger charge is -2.13. The lowest BCUT2D eigenvalue weighted by molar-refractivity contribution is -0.138. The van der Waals surface area contributed by atoms with Crippen LogP contribution in [-0.2, 0) is 4.79 Å². The third-order valence-corrected chi connectivity index (χ3v) is 2.36. The molecule has 0 rings (SSSR count). The average molecular weight is 242 g/mol. The highest BCUT2D eigenvalue weighted by molar-refractivity contribution is 5.74. The van der Waals surface area contributed by atoms with Crippen molar-refractivity contribution in [3.05, 3.63) is 11.6 Å². The van der Waals surface area contributed by atoms with Gasteiger partial charge in [0.1, 0.15) is 0 Å². The molecule has 2 amide bonds. The first-order valence-corrected chi connectivity index (χ1v) is 5.82. The van der Waals surface area contributed by atoms with Crippen LogP contribution in [0, 0.1) is 5.92 Å². The number of carbonyl (C=O) groups excluding carboxylic acids is 1. The summed E-state index contributed by atoms with van der Waals surface area (Å²) in [4.78, 5) is 21.9. The molecule has 0 aromatic carbocycles. The molecule has 0 saturated heterocycles. The SMILES string of the molecule is CCC(CNC(=O)NCC=C(C)C)CC(=O)O. The predicted molar refractivity (Wildman–Crippen MR) is 66.9 cm³/mol. The van der Waals surface area contributed by atoms with Crippen LogP contribution in [-0.4, -0.2) is 30.2 Å². The van der Waals surface area contributed by atoms with Gasteiger partial charge in [0.25, 0.3) is 0 Å². The zero-order valence-corrected chi connectivity index (χ0v) is 10.7. The van der Waals surface area contributed by atoms with E-state index >= 15 is 0 Å². The summed E-state index contributed by atoms with van der Waals surface area (Å²) in [6, 6.07) is -0.258. The van der Waals surface area contributed by atoms with Gasteiger partial charge in [0, 0.05) is 19.5 Å². The second kappa shape index (κ2) is 8.61. The molecule has 0 aliphatic heterocycles. The van der Waals surface area contributed by atoms with Crippen LogP contribution in [0.1, 0.15) is 33.6 Å². The molecule has 5 heteroatoms. The third-order valence-electron chi connectivity index (χ3n) is 2.36. The van der Waals surface area contributed by atoms with Gasteiger partial charge in [0.2, 0.25) is 0 Å². The molecule has 3 N–H and O–H groups in total. The third kappa shape index (κ3) is 9.41. The number of amides is 2. The Bertz CT molecular complexity index is 283. The molecule has 0 aromatic heterocycles. The van der Waals surface area contributed by atoms with E-state index in [9.17, 15) is 9.59 Å². The number of aliphatic carboxylic acids is 1. The highest BCUT2D eigenvalue weighted by Gasteiger charge is 2.11. The highest BCUT2D eigenvalue weighted by atomic mass is 16.4. The summed E-state index contributed by atoms with van der Waals surface area (Å²) in [7, 11) is 0. The molecule has 0 aliphatic carbocycles. The first kappa shape index (κ1) is 15.5. The maximum absolute atomic E-state index is 11.3. The van der Waals surface area contributed by atoms with Crippen LogP contribution < -0.4 is 10.6 Å². The standard InChI is InChI=1S/C12H22N2O3/c1-4-10(7-11(15)16)8-14-12(17)13-6-5-9(2)3/h5,10H,4,6-8H2,1-3H3,(H,15,16)(H2,13,14,17). The van der Waals surface area contributed by atoms with Gasteiger partial charge in [-0.15, -0.1) is 0 Å². The van der Waals surface area contributed by atoms with E-state index in [4.69, 9.17) is 5.11 Å². The van der Waals surface area contributed by atoms with Crippen LogP contribution in [0.2, 0.25) is 0 Å². The lowest BCUT2D eigenvalue weighted by Crippen LogP contribution is -2.38. The lowest BCUT2D eigenvalue weighted by atomic mass is 10.0. The van der Waals surface area contributed by atoms with Crippen LogP contribution in [0.3, 0.4) is 0 Å². The van der Waals surface area contributed by atoms with Crippen molar-refractivity contribution >= 4 is 12.0 Å². The van der Waals surface area contributed by atoms with E-state index in [1.54, 1.807) is 0 Å². The summed E-state index contributed by atoms with van der Waals surface area (Å²) in [6.45, 7) is 6.71. The van der Waals surface area contributed by atoms with Crippen molar-refractivity contribution in [1.29, 1.82) is 0 Å². The quantitative estimate of drug-likeness (QED) is 0.595. The monoisotopic (exact) mass is 242 g/mol. The number of hydrogen-bond acceptors (Lipinski definition) is 2. The fourth-order valence-corrected chi connectivity index (χ4v) is 1.26. The Morgan fingerprint density at radius 3 is 2.41 bits per heavy atom. The Morgan fingerprint density at radius 1 is 1.29 bits per heavy atom. The molecule has 0 bridgehead atoms. The van der Waals surface area contributed by atoms with E-state index < -0.39 is 5.97 Å². The van der Waals surface area contributed by atoms with Gasteiger partial charge in [-0.1, -0.05) is 25.0 Å². The second-order valence-electron chi connectivity index (χ2n) is 4.24. The van der Waals surface area contributed by atoms with Gasteiger partial charge in [-0.25, -0.2) is 4.79 Å². The molecule has 98 valence electrons. The molecule has 0 heterocycles. The van der Waals surface area contributed by atoms with Gasteiger partial charge in [-0.3, -0.25) is 4.79 Å². The molecule has 0 aromatic rings. The zero-order chi connectivity index (χ0) is 13.3. The van der Waals surface area contributed by atoms with Gasteiger partial charge < -0.3 is 15.7 Å². The molecule has 17 heavy (non-hydrogen) atoms. The molecule has 5 nitrogen and oxygen atoms in total. The van der Waals surface area contributed by atoms with Gasteiger partial charge >= 0.3 is 12.0 Å². The van der Waals surface area contributed by atoms with Crippen molar-refractivity contribution in [2.45, 2.75) is 33.6 Å². The molecule has 0 fully saturated rings. The van der Waals surface area contributed by atoms with Gasteiger partial charge in [0.15, 0.2) is 0 Å². The van der Waals surface area contributed by atoms with Crippen LogP contribution >= 0.6 is 0 Å². The van der Waals surface area contributed by atoms with Crippen LogP contribution in [0.5, 0.6) is 0 Å². The van der Waals surface area contributed by atoms with Crippen molar-refractivity contribution in [1.82, 2.24) is 10.6 Å². The van der Waals surface area contributed by atoms with E-state index in [1.165, 1.54) is 0 Å². The first-order chi connectivity index (χ1) is 7.95. The minimum atomic E-state index is -0.830. The van der Waals surface area contributed by atoms with Crippen LogP contribution in [0.4, 0.5) is 4.79 Å². The van der Waals surface area contributed by atoms with E-state index in [2.05, 4.69) is 10.6 Å². The number of rotatable bonds is 7. The Labute approximate surface area is 102 Å². The summed E-state index contributed by atoms with van der Waals surface area (Å²) in [5, 5.41) is 14.0. The first-order valence-electron chi connectivity index (χ1n) is 5.82. The molecule has 1 atom stereocenters. The summed E-state index contributed by atoms with van der Waals surface area (Å²) in [6.07, 6.45) is 2.74. The molecule has 1 unspecified atom stereocenters. The predicted octanol–water partition coefficient (Wildman–Crippen LogP) is 1.75. The molecule has 0 spiro atoms. The van der Waals surface area contributed by atoms with E-state index in [0.717, 1.165) is 12.0 Å². The zero-order valence-electron chi connectivity index (χ0n) is 10.7. The minimum Gasteiger partial charge on any atom is -0.481 e. The van der Waals surface area contributed by atoms with Gasteiger partial charge in [-0.05, 0) is 19.8 Å². The van der Waals surface area contributed by atoms with Crippen molar-refractivity contribution in [2.24, 2.45) is 5.92 Å². The van der Waals surface area contributed by atoms with Crippen molar-refractivity contribution in [2.75, 3.05) is 13.1 Å². The van der Waals surface area contributed by atoms with Crippen molar-refractivity contribution in [3.8, 4) is 0 Å². The van der Waals surface area contributed by atoms with Crippen LogP contribution in [0.15, 0.2) is 11.6 Å². The van der Waals surface area contributed by atoms with E-state index in [-0.39, 0.29) is 18.4 Å². The number of hydrogen-bond donors (Lipinski definition) is 3. The Morgan fingerprint density at radius 2 is 1.94 bits per heavy atom. The topological polar surface area (TPSA) is 78.4 Å². The van der Waals surface area contributed by atoms with E-state index in [0.29, 0.717) is 13.1 Å². The fraction of sp³-hybridized carbons (Fsp3) is 0.667. The number of urea groups is 1. The van der Waals surface area contributed by atoms with Crippen molar-refractivity contribution < 1.29 is 14.7 Å². The number of nitrogens with one attached hydrogen (secondary N) is 2. The van der Waals surface area contributed by atoms with Gasteiger partial charge in [-0.2, -0.15) is 0 Å².